The monoisotopic (exact) mass is 299 g/mol. The Bertz CT molecular complexity index is 494. The first-order chi connectivity index (χ1) is 9.45. The molecular weight excluding hydrogens is 282 g/mol. The summed E-state index contributed by atoms with van der Waals surface area (Å²) in [6.07, 6.45) is 0.877. The third-order valence-corrected chi connectivity index (χ3v) is 3.08. The van der Waals surface area contributed by atoms with Crippen molar-refractivity contribution in [3.05, 3.63) is 38.9 Å². The second kappa shape index (κ2) is 7.81. The number of nitro groups is 1. The molecule has 7 heteroatoms. The molecule has 0 aliphatic carbocycles. The summed E-state index contributed by atoms with van der Waals surface area (Å²) < 4.78 is 0. The highest BCUT2D eigenvalue weighted by Gasteiger charge is 2.14. The molecule has 1 unspecified atom stereocenters. The maximum Gasteiger partial charge on any atom is 0.288 e. The largest absolute Gasteiger partial charge is 0.355 e. The quantitative estimate of drug-likeness (QED) is 0.597. The number of amides is 1. The van der Waals surface area contributed by atoms with E-state index in [1.807, 2.05) is 6.92 Å². The van der Waals surface area contributed by atoms with Gasteiger partial charge in [0.25, 0.3) is 5.69 Å². The average Bonchev–Trinajstić information content (AvgIpc) is 2.43. The van der Waals surface area contributed by atoms with Crippen molar-refractivity contribution in [3.8, 4) is 0 Å². The first kappa shape index (κ1) is 16.4. The van der Waals surface area contributed by atoms with Crippen molar-refractivity contribution in [2.75, 3.05) is 6.54 Å². The molecule has 1 atom stereocenters. The summed E-state index contributed by atoms with van der Waals surface area (Å²) in [5.41, 5.74) is 0.574. The first-order valence-corrected chi connectivity index (χ1v) is 6.77. The van der Waals surface area contributed by atoms with E-state index in [1.54, 1.807) is 13.0 Å². The van der Waals surface area contributed by atoms with E-state index < -0.39 is 4.92 Å². The predicted octanol–water partition coefficient (Wildman–Crippen LogP) is 2.25. The molecule has 1 amide bonds. The molecule has 0 aromatic heterocycles. The summed E-state index contributed by atoms with van der Waals surface area (Å²) >= 11 is 5.74. The smallest absolute Gasteiger partial charge is 0.288 e. The van der Waals surface area contributed by atoms with Crippen LogP contribution in [0.1, 0.15) is 25.8 Å². The zero-order chi connectivity index (χ0) is 15.1. The number of benzene rings is 1. The lowest BCUT2D eigenvalue weighted by Crippen LogP contribution is -2.42. The summed E-state index contributed by atoms with van der Waals surface area (Å²) in [5.74, 6) is -0.0877. The molecule has 0 aliphatic heterocycles. The van der Waals surface area contributed by atoms with Gasteiger partial charge in [-0.15, -0.1) is 0 Å². The number of hydrogen-bond acceptors (Lipinski definition) is 4. The lowest BCUT2D eigenvalue weighted by Gasteiger charge is -2.13. The minimum Gasteiger partial charge on any atom is -0.355 e. The molecule has 0 radical (unpaired) electrons. The van der Waals surface area contributed by atoms with Crippen LogP contribution in [0.15, 0.2) is 18.2 Å². The Balaban J connectivity index is 2.59. The van der Waals surface area contributed by atoms with Crippen molar-refractivity contribution in [1.29, 1.82) is 0 Å². The van der Waals surface area contributed by atoms with Crippen molar-refractivity contribution < 1.29 is 9.72 Å². The molecule has 0 heterocycles. The Kier molecular flexibility index (Phi) is 6.41. The Hall–Kier alpha value is -1.66. The Morgan fingerprint density at radius 2 is 2.20 bits per heavy atom. The fourth-order valence-electron chi connectivity index (χ4n) is 1.57. The van der Waals surface area contributed by atoms with E-state index in [-0.39, 0.29) is 22.7 Å². The number of hydrogen-bond donors (Lipinski definition) is 2. The van der Waals surface area contributed by atoms with Gasteiger partial charge in [0, 0.05) is 19.2 Å². The standard InChI is InChI=1S/C13H18ClN3O3/c1-3-6-15-13(18)9(2)16-8-10-4-5-11(14)12(7-10)17(19)20/h4-5,7,9,16H,3,6,8H2,1-2H3,(H,15,18). The van der Waals surface area contributed by atoms with E-state index >= 15 is 0 Å². The highest BCUT2D eigenvalue weighted by Crippen LogP contribution is 2.24. The van der Waals surface area contributed by atoms with Crippen LogP contribution in [-0.4, -0.2) is 23.4 Å². The summed E-state index contributed by atoms with van der Waals surface area (Å²) in [7, 11) is 0. The zero-order valence-corrected chi connectivity index (χ0v) is 12.2. The molecule has 0 aliphatic rings. The highest BCUT2D eigenvalue weighted by molar-refractivity contribution is 6.32. The number of carbonyl (C=O) groups is 1. The molecule has 0 fully saturated rings. The molecule has 20 heavy (non-hydrogen) atoms. The molecule has 0 bridgehead atoms. The van der Waals surface area contributed by atoms with Crippen molar-refractivity contribution in [2.24, 2.45) is 0 Å². The van der Waals surface area contributed by atoms with Crippen LogP contribution in [0, 0.1) is 10.1 Å². The van der Waals surface area contributed by atoms with Gasteiger partial charge in [0.15, 0.2) is 0 Å². The summed E-state index contributed by atoms with van der Waals surface area (Å²) in [4.78, 5) is 21.9. The topological polar surface area (TPSA) is 84.3 Å². The fraction of sp³-hybridized carbons (Fsp3) is 0.462. The molecule has 1 rings (SSSR count). The average molecular weight is 300 g/mol. The van der Waals surface area contributed by atoms with Crippen LogP contribution in [0.5, 0.6) is 0 Å². The van der Waals surface area contributed by atoms with E-state index in [4.69, 9.17) is 11.6 Å². The summed E-state index contributed by atoms with van der Waals surface area (Å²) in [6.45, 7) is 4.72. The molecule has 110 valence electrons. The molecule has 0 spiro atoms. The van der Waals surface area contributed by atoms with Crippen LogP contribution in [0.25, 0.3) is 0 Å². The molecule has 6 nitrogen and oxygen atoms in total. The van der Waals surface area contributed by atoms with E-state index in [9.17, 15) is 14.9 Å². The van der Waals surface area contributed by atoms with Gasteiger partial charge in [-0.2, -0.15) is 0 Å². The van der Waals surface area contributed by atoms with Gasteiger partial charge in [-0.25, -0.2) is 0 Å². The number of halogens is 1. The summed E-state index contributed by atoms with van der Waals surface area (Å²) in [5, 5.41) is 16.7. The number of nitro benzene ring substituents is 1. The van der Waals surface area contributed by atoms with Crippen LogP contribution in [-0.2, 0) is 11.3 Å². The third kappa shape index (κ3) is 4.79. The Labute approximate surface area is 122 Å². The second-order valence-electron chi connectivity index (χ2n) is 4.44. The van der Waals surface area contributed by atoms with Crippen molar-refractivity contribution >= 4 is 23.2 Å². The van der Waals surface area contributed by atoms with Gasteiger partial charge < -0.3 is 10.6 Å². The normalized spacial score (nSPS) is 11.9. The van der Waals surface area contributed by atoms with Gasteiger partial charge >= 0.3 is 0 Å². The van der Waals surface area contributed by atoms with Crippen LogP contribution in [0.4, 0.5) is 5.69 Å². The van der Waals surface area contributed by atoms with E-state index in [0.29, 0.717) is 18.7 Å². The van der Waals surface area contributed by atoms with Crippen LogP contribution in [0.3, 0.4) is 0 Å². The van der Waals surface area contributed by atoms with Gasteiger partial charge in [-0.1, -0.05) is 24.6 Å². The van der Waals surface area contributed by atoms with E-state index in [1.165, 1.54) is 12.1 Å². The highest BCUT2D eigenvalue weighted by atomic mass is 35.5. The number of carbonyl (C=O) groups excluding carboxylic acids is 1. The molecule has 1 aromatic carbocycles. The zero-order valence-electron chi connectivity index (χ0n) is 11.5. The van der Waals surface area contributed by atoms with Gasteiger partial charge in [-0.3, -0.25) is 14.9 Å². The Morgan fingerprint density at radius 3 is 2.80 bits per heavy atom. The molecule has 0 saturated heterocycles. The van der Waals surface area contributed by atoms with Crippen molar-refractivity contribution in [1.82, 2.24) is 10.6 Å². The number of nitrogens with one attached hydrogen (secondary N) is 2. The minimum absolute atomic E-state index is 0.0877. The maximum atomic E-state index is 11.6. The van der Waals surface area contributed by atoms with Gasteiger partial charge in [0.05, 0.1) is 11.0 Å². The van der Waals surface area contributed by atoms with Crippen LogP contribution in [0.2, 0.25) is 5.02 Å². The molecule has 0 saturated carbocycles. The summed E-state index contributed by atoms with van der Waals surface area (Å²) in [6, 6.07) is 4.22. The first-order valence-electron chi connectivity index (χ1n) is 6.39. The minimum atomic E-state index is -0.525. The molecule has 2 N–H and O–H groups in total. The SMILES string of the molecule is CCCNC(=O)C(C)NCc1ccc(Cl)c([N+](=O)[O-])c1. The number of rotatable bonds is 7. The maximum absolute atomic E-state index is 11.6. The van der Waals surface area contributed by atoms with Gasteiger partial charge in [0.2, 0.25) is 5.91 Å². The second-order valence-corrected chi connectivity index (χ2v) is 4.84. The van der Waals surface area contributed by atoms with Gasteiger partial charge in [-0.05, 0) is 25.0 Å². The molecule has 1 aromatic rings. The Morgan fingerprint density at radius 1 is 1.50 bits per heavy atom. The lowest BCUT2D eigenvalue weighted by molar-refractivity contribution is -0.384. The van der Waals surface area contributed by atoms with Gasteiger partial charge in [0.1, 0.15) is 5.02 Å². The van der Waals surface area contributed by atoms with Crippen molar-refractivity contribution in [3.63, 3.8) is 0 Å². The van der Waals surface area contributed by atoms with Crippen LogP contribution < -0.4 is 10.6 Å². The predicted molar refractivity (Wildman–Crippen MR) is 77.7 cm³/mol. The van der Waals surface area contributed by atoms with E-state index in [2.05, 4.69) is 10.6 Å². The van der Waals surface area contributed by atoms with E-state index in [0.717, 1.165) is 6.42 Å². The third-order valence-electron chi connectivity index (χ3n) is 2.76. The lowest BCUT2D eigenvalue weighted by atomic mass is 10.2. The molecular formula is C13H18ClN3O3. The fourth-order valence-corrected chi connectivity index (χ4v) is 1.76. The van der Waals surface area contributed by atoms with Crippen LogP contribution >= 0.6 is 11.6 Å². The van der Waals surface area contributed by atoms with Crippen molar-refractivity contribution in [2.45, 2.75) is 32.9 Å². The number of nitrogens with zero attached hydrogens (tertiary/aromatic N) is 1.